The lowest BCUT2D eigenvalue weighted by Crippen LogP contribution is -2.46. The van der Waals surface area contributed by atoms with Crippen molar-refractivity contribution in [2.24, 2.45) is 0 Å². The number of ether oxygens (including phenoxy) is 2. The second-order valence-corrected chi connectivity index (χ2v) is 6.41. The molecule has 0 bridgehead atoms. The van der Waals surface area contributed by atoms with Crippen molar-refractivity contribution in [1.82, 2.24) is 10.2 Å². The lowest BCUT2D eigenvalue weighted by atomic mass is 9.96. The number of nitrogens with zero attached hydrogens (tertiary/aromatic N) is 1. The van der Waals surface area contributed by atoms with E-state index in [9.17, 15) is 9.59 Å². The number of nitrogens with one attached hydrogen (secondary N) is 1. The fourth-order valence-electron chi connectivity index (χ4n) is 3.04. The van der Waals surface area contributed by atoms with Gasteiger partial charge in [0.2, 0.25) is 5.91 Å². The molecular weight excluding hydrogens is 320 g/mol. The van der Waals surface area contributed by atoms with Gasteiger partial charge in [0.15, 0.2) is 0 Å². The molecule has 0 aliphatic carbocycles. The number of methoxy groups -OCH3 is 1. The Balaban J connectivity index is 1.75. The molecule has 25 heavy (non-hydrogen) atoms. The van der Waals surface area contributed by atoms with Gasteiger partial charge in [0.05, 0.1) is 13.7 Å². The number of hydrogen-bond acceptors (Lipinski definition) is 4. The Bertz CT molecular complexity index is 565. The van der Waals surface area contributed by atoms with Crippen LogP contribution in [0.3, 0.4) is 0 Å². The average molecular weight is 348 g/mol. The highest BCUT2D eigenvalue weighted by molar-refractivity contribution is 5.77. The van der Waals surface area contributed by atoms with E-state index < -0.39 is 0 Å². The fraction of sp³-hybridized carbons (Fsp3) is 0.579. The fourth-order valence-corrected chi connectivity index (χ4v) is 3.04. The maximum atomic E-state index is 12.3. The lowest BCUT2D eigenvalue weighted by Gasteiger charge is -2.31. The molecule has 6 nitrogen and oxygen atoms in total. The molecule has 138 valence electrons. The van der Waals surface area contributed by atoms with E-state index in [2.05, 4.69) is 5.32 Å². The molecule has 6 heteroatoms. The third-order valence-electron chi connectivity index (χ3n) is 4.56. The second kappa shape index (κ2) is 9.30. The van der Waals surface area contributed by atoms with Crippen LogP contribution in [0.4, 0.5) is 4.79 Å². The van der Waals surface area contributed by atoms with Crippen molar-refractivity contribution in [3.8, 4) is 5.75 Å². The Kier molecular flexibility index (Phi) is 7.10. The number of carbonyl (C=O) groups is 2. The molecule has 1 aromatic rings. The molecule has 1 aromatic carbocycles. The number of hydrogen-bond donors (Lipinski definition) is 1. The summed E-state index contributed by atoms with van der Waals surface area (Å²) >= 11 is 0. The molecule has 1 fully saturated rings. The van der Waals surface area contributed by atoms with Gasteiger partial charge in [0.1, 0.15) is 5.75 Å². The number of benzene rings is 1. The third kappa shape index (κ3) is 5.66. The van der Waals surface area contributed by atoms with Gasteiger partial charge in [-0.15, -0.1) is 0 Å². The monoisotopic (exact) mass is 348 g/mol. The van der Waals surface area contributed by atoms with Crippen molar-refractivity contribution >= 4 is 12.0 Å². The standard InChI is InChI=1S/C19H28N2O4/c1-4-25-19(23)21-11-9-16(10-12-21)20-18(22)13-14(2)15-5-7-17(24-3)8-6-15/h5-8,14,16H,4,9-13H2,1-3H3,(H,20,22). The van der Waals surface area contributed by atoms with Gasteiger partial charge in [-0.3, -0.25) is 4.79 Å². The Morgan fingerprint density at radius 2 is 1.88 bits per heavy atom. The quantitative estimate of drug-likeness (QED) is 0.858. The van der Waals surface area contributed by atoms with E-state index >= 15 is 0 Å². The van der Waals surface area contributed by atoms with Crippen LogP contribution in [0.5, 0.6) is 5.75 Å². The number of likely N-dealkylation sites (tertiary alicyclic amines) is 1. The summed E-state index contributed by atoms with van der Waals surface area (Å²) in [5, 5.41) is 3.09. The summed E-state index contributed by atoms with van der Waals surface area (Å²) in [5.41, 5.74) is 1.12. The first kappa shape index (κ1) is 19.1. The summed E-state index contributed by atoms with van der Waals surface area (Å²) in [6.07, 6.45) is 1.72. The zero-order chi connectivity index (χ0) is 18.2. The van der Waals surface area contributed by atoms with Gasteiger partial charge < -0.3 is 19.7 Å². The van der Waals surface area contributed by atoms with E-state index in [1.807, 2.05) is 31.2 Å². The molecule has 1 atom stereocenters. The molecule has 1 N–H and O–H groups in total. The SMILES string of the molecule is CCOC(=O)N1CCC(NC(=O)CC(C)c2ccc(OC)cc2)CC1. The predicted molar refractivity (Wildman–Crippen MR) is 95.8 cm³/mol. The minimum absolute atomic E-state index is 0.0536. The van der Waals surface area contributed by atoms with Crippen molar-refractivity contribution in [2.75, 3.05) is 26.8 Å². The van der Waals surface area contributed by atoms with Crippen molar-refractivity contribution < 1.29 is 19.1 Å². The highest BCUT2D eigenvalue weighted by Gasteiger charge is 2.25. The van der Waals surface area contributed by atoms with E-state index in [-0.39, 0.29) is 24.0 Å². The Morgan fingerprint density at radius 3 is 2.44 bits per heavy atom. The van der Waals surface area contributed by atoms with Crippen LogP contribution in [-0.4, -0.2) is 49.7 Å². The second-order valence-electron chi connectivity index (χ2n) is 6.41. The van der Waals surface area contributed by atoms with Gasteiger partial charge in [0.25, 0.3) is 0 Å². The minimum Gasteiger partial charge on any atom is -0.497 e. The highest BCUT2D eigenvalue weighted by atomic mass is 16.6. The van der Waals surface area contributed by atoms with Gasteiger partial charge in [-0.05, 0) is 43.4 Å². The van der Waals surface area contributed by atoms with E-state index in [0.717, 1.165) is 24.2 Å². The van der Waals surface area contributed by atoms with Gasteiger partial charge in [-0.25, -0.2) is 4.79 Å². The first-order chi connectivity index (χ1) is 12.0. The first-order valence-corrected chi connectivity index (χ1v) is 8.88. The van der Waals surface area contributed by atoms with Crippen LogP contribution in [-0.2, 0) is 9.53 Å². The van der Waals surface area contributed by atoms with E-state index in [0.29, 0.717) is 26.1 Å². The largest absolute Gasteiger partial charge is 0.497 e. The van der Waals surface area contributed by atoms with Gasteiger partial charge in [-0.2, -0.15) is 0 Å². The van der Waals surface area contributed by atoms with Crippen LogP contribution < -0.4 is 10.1 Å². The smallest absolute Gasteiger partial charge is 0.409 e. The van der Waals surface area contributed by atoms with Crippen LogP contribution in [0, 0.1) is 0 Å². The number of amides is 2. The molecule has 1 aliphatic heterocycles. The van der Waals surface area contributed by atoms with Crippen molar-refractivity contribution in [3.63, 3.8) is 0 Å². The molecule has 1 aliphatic rings. The van der Waals surface area contributed by atoms with Crippen LogP contribution >= 0.6 is 0 Å². The summed E-state index contributed by atoms with van der Waals surface area (Å²) in [4.78, 5) is 25.7. The normalized spacial score (nSPS) is 16.2. The van der Waals surface area contributed by atoms with Crippen LogP contribution in [0.15, 0.2) is 24.3 Å². The molecule has 2 amide bonds. The predicted octanol–water partition coefficient (Wildman–Crippen LogP) is 2.93. The van der Waals surface area contributed by atoms with Crippen molar-refractivity contribution in [2.45, 2.75) is 45.1 Å². The summed E-state index contributed by atoms with van der Waals surface area (Å²) in [6, 6.07) is 7.94. The average Bonchev–Trinajstić information content (AvgIpc) is 2.62. The highest BCUT2D eigenvalue weighted by Crippen LogP contribution is 2.22. The summed E-state index contributed by atoms with van der Waals surface area (Å²) in [7, 11) is 1.64. The Labute approximate surface area is 149 Å². The number of piperidine rings is 1. The topological polar surface area (TPSA) is 67.9 Å². The zero-order valence-corrected chi connectivity index (χ0v) is 15.3. The van der Waals surface area contributed by atoms with Gasteiger partial charge >= 0.3 is 6.09 Å². The molecule has 1 saturated heterocycles. The maximum Gasteiger partial charge on any atom is 0.409 e. The summed E-state index contributed by atoms with van der Waals surface area (Å²) in [6.45, 7) is 5.48. The van der Waals surface area contributed by atoms with Crippen LogP contribution in [0.1, 0.15) is 44.6 Å². The summed E-state index contributed by atoms with van der Waals surface area (Å²) < 4.78 is 10.2. The molecule has 2 rings (SSSR count). The molecule has 0 saturated carbocycles. The molecule has 0 aromatic heterocycles. The molecule has 0 radical (unpaired) electrons. The molecule has 1 unspecified atom stereocenters. The molecule has 1 heterocycles. The Hall–Kier alpha value is -2.24. The lowest BCUT2D eigenvalue weighted by molar-refractivity contribution is -0.122. The third-order valence-corrected chi connectivity index (χ3v) is 4.56. The van der Waals surface area contributed by atoms with Crippen molar-refractivity contribution in [3.05, 3.63) is 29.8 Å². The summed E-state index contributed by atoms with van der Waals surface area (Å²) in [5.74, 6) is 1.01. The Morgan fingerprint density at radius 1 is 1.24 bits per heavy atom. The number of rotatable bonds is 6. The van der Waals surface area contributed by atoms with Crippen molar-refractivity contribution in [1.29, 1.82) is 0 Å². The van der Waals surface area contributed by atoms with Gasteiger partial charge in [0, 0.05) is 25.6 Å². The van der Waals surface area contributed by atoms with E-state index in [1.165, 1.54) is 0 Å². The first-order valence-electron chi connectivity index (χ1n) is 8.88. The number of carbonyl (C=O) groups excluding carboxylic acids is 2. The maximum absolute atomic E-state index is 12.3. The van der Waals surface area contributed by atoms with Gasteiger partial charge in [-0.1, -0.05) is 19.1 Å². The van der Waals surface area contributed by atoms with E-state index in [4.69, 9.17) is 9.47 Å². The minimum atomic E-state index is -0.264. The molecular formula is C19H28N2O4. The zero-order valence-electron chi connectivity index (χ0n) is 15.3. The van der Waals surface area contributed by atoms with Crippen LogP contribution in [0.2, 0.25) is 0 Å². The van der Waals surface area contributed by atoms with E-state index in [1.54, 1.807) is 18.9 Å². The van der Waals surface area contributed by atoms with Crippen LogP contribution in [0.25, 0.3) is 0 Å². The molecule has 0 spiro atoms.